The van der Waals surface area contributed by atoms with Crippen molar-refractivity contribution in [2.24, 2.45) is 0 Å². The predicted octanol–water partition coefficient (Wildman–Crippen LogP) is 2.07. The van der Waals surface area contributed by atoms with Crippen molar-refractivity contribution in [3.63, 3.8) is 0 Å². The van der Waals surface area contributed by atoms with Crippen LogP contribution in [0.15, 0.2) is 24.3 Å². The number of non-ortho nitro benzene ring substituents is 1. The van der Waals surface area contributed by atoms with E-state index in [2.05, 4.69) is 5.32 Å². The first kappa shape index (κ1) is 22.4. The summed E-state index contributed by atoms with van der Waals surface area (Å²) >= 11 is 1.12. The maximum Gasteiger partial charge on any atom is 0.316 e. The molecule has 0 aromatic heterocycles. The molecular formula is C17H23N3O6S. The van der Waals surface area contributed by atoms with Crippen LogP contribution in [-0.4, -0.2) is 58.3 Å². The highest BCUT2D eigenvalue weighted by atomic mass is 32.2. The molecule has 0 aliphatic rings. The van der Waals surface area contributed by atoms with Crippen LogP contribution in [0.25, 0.3) is 0 Å². The summed E-state index contributed by atoms with van der Waals surface area (Å²) in [6, 6.07) is 5.44. The standard InChI is InChI=1S/C17H23N3O6S/c1-4-19(5-2)15(21)10-27-11-16(22)26-12(3)17(23)18-13-7-6-8-14(9-13)20(24)25/h6-9,12H,4-5,10-11H2,1-3H3,(H,18,23). The highest BCUT2D eigenvalue weighted by Crippen LogP contribution is 2.17. The summed E-state index contributed by atoms with van der Waals surface area (Å²) in [7, 11) is 0. The molecule has 148 valence electrons. The molecule has 10 heteroatoms. The van der Waals surface area contributed by atoms with Crippen LogP contribution in [0.5, 0.6) is 0 Å². The molecule has 0 fully saturated rings. The molecular weight excluding hydrogens is 374 g/mol. The Kier molecular flexibility index (Phi) is 9.27. The van der Waals surface area contributed by atoms with Gasteiger partial charge in [-0.3, -0.25) is 24.5 Å². The molecule has 0 bridgehead atoms. The van der Waals surface area contributed by atoms with Gasteiger partial charge in [-0.1, -0.05) is 6.07 Å². The van der Waals surface area contributed by atoms with Crippen molar-refractivity contribution in [3.05, 3.63) is 34.4 Å². The third-order valence-corrected chi connectivity index (χ3v) is 4.45. The van der Waals surface area contributed by atoms with Crippen LogP contribution in [0, 0.1) is 10.1 Å². The van der Waals surface area contributed by atoms with Crippen molar-refractivity contribution in [1.29, 1.82) is 0 Å². The maximum atomic E-state index is 12.1. The minimum absolute atomic E-state index is 0.0541. The zero-order valence-corrected chi connectivity index (χ0v) is 16.3. The molecule has 1 N–H and O–H groups in total. The van der Waals surface area contributed by atoms with Gasteiger partial charge in [-0.05, 0) is 26.8 Å². The number of hydrogen-bond acceptors (Lipinski definition) is 7. The summed E-state index contributed by atoms with van der Waals surface area (Å²) in [5, 5.41) is 13.2. The van der Waals surface area contributed by atoms with E-state index in [1.54, 1.807) is 4.90 Å². The zero-order valence-electron chi connectivity index (χ0n) is 15.5. The monoisotopic (exact) mass is 397 g/mol. The summed E-state index contributed by atoms with van der Waals surface area (Å²) in [5.41, 5.74) is 0.0722. The lowest BCUT2D eigenvalue weighted by atomic mass is 10.2. The van der Waals surface area contributed by atoms with Gasteiger partial charge >= 0.3 is 5.97 Å². The third kappa shape index (κ3) is 7.65. The molecule has 9 nitrogen and oxygen atoms in total. The third-order valence-electron chi connectivity index (χ3n) is 3.56. The minimum atomic E-state index is -1.07. The van der Waals surface area contributed by atoms with E-state index in [1.165, 1.54) is 31.2 Å². The number of hydrogen-bond donors (Lipinski definition) is 1. The molecule has 1 aromatic rings. The van der Waals surface area contributed by atoms with E-state index in [9.17, 15) is 24.5 Å². The Morgan fingerprint density at radius 1 is 1.26 bits per heavy atom. The van der Waals surface area contributed by atoms with Crippen LogP contribution in [0.4, 0.5) is 11.4 Å². The van der Waals surface area contributed by atoms with Gasteiger partial charge in [-0.15, -0.1) is 11.8 Å². The Labute approximate surface area is 161 Å². The number of rotatable bonds is 10. The van der Waals surface area contributed by atoms with E-state index in [-0.39, 0.29) is 28.8 Å². The normalized spacial score (nSPS) is 11.4. The average molecular weight is 397 g/mol. The molecule has 2 amide bonds. The van der Waals surface area contributed by atoms with Crippen molar-refractivity contribution in [1.82, 2.24) is 4.90 Å². The van der Waals surface area contributed by atoms with Crippen molar-refractivity contribution in [3.8, 4) is 0 Å². The number of carbonyl (C=O) groups is 3. The number of amides is 2. The molecule has 1 rings (SSSR count). The van der Waals surface area contributed by atoms with E-state index in [4.69, 9.17) is 4.74 Å². The lowest BCUT2D eigenvalue weighted by molar-refractivity contribution is -0.384. The van der Waals surface area contributed by atoms with Crippen LogP contribution in [-0.2, 0) is 19.1 Å². The van der Waals surface area contributed by atoms with Crippen LogP contribution in [0.1, 0.15) is 20.8 Å². The Morgan fingerprint density at radius 3 is 2.52 bits per heavy atom. The Hall–Kier alpha value is -2.62. The van der Waals surface area contributed by atoms with Gasteiger partial charge in [0.1, 0.15) is 0 Å². The van der Waals surface area contributed by atoms with E-state index < -0.39 is 22.9 Å². The van der Waals surface area contributed by atoms with Gasteiger partial charge < -0.3 is 15.0 Å². The fraction of sp³-hybridized carbons (Fsp3) is 0.471. The fourth-order valence-electron chi connectivity index (χ4n) is 2.12. The van der Waals surface area contributed by atoms with Crippen molar-refractivity contribution >= 4 is 40.9 Å². The topological polar surface area (TPSA) is 119 Å². The Bertz CT molecular complexity index is 693. The van der Waals surface area contributed by atoms with Crippen molar-refractivity contribution in [2.75, 3.05) is 29.9 Å². The van der Waals surface area contributed by atoms with Crippen LogP contribution in [0.3, 0.4) is 0 Å². The number of anilines is 1. The highest BCUT2D eigenvalue weighted by molar-refractivity contribution is 8.00. The number of ether oxygens (including phenoxy) is 1. The molecule has 0 spiro atoms. The molecule has 0 saturated carbocycles. The quantitative estimate of drug-likeness (QED) is 0.365. The lowest BCUT2D eigenvalue weighted by Crippen LogP contribution is -2.33. The molecule has 0 heterocycles. The number of thioether (sulfide) groups is 1. The zero-order chi connectivity index (χ0) is 20.4. The lowest BCUT2D eigenvalue weighted by Gasteiger charge is -2.18. The van der Waals surface area contributed by atoms with Crippen LogP contribution >= 0.6 is 11.8 Å². The second kappa shape index (κ2) is 11.2. The predicted molar refractivity (Wildman–Crippen MR) is 103 cm³/mol. The molecule has 27 heavy (non-hydrogen) atoms. The second-order valence-corrected chi connectivity index (χ2v) is 6.47. The van der Waals surface area contributed by atoms with Gasteiger partial charge in [-0.25, -0.2) is 0 Å². The summed E-state index contributed by atoms with van der Waals surface area (Å²) in [6.07, 6.45) is -1.07. The summed E-state index contributed by atoms with van der Waals surface area (Å²) < 4.78 is 5.03. The number of nitrogens with one attached hydrogen (secondary N) is 1. The van der Waals surface area contributed by atoms with Gasteiger partial charge in [0.05, 0.1) is 16.4 Å². The SMILES string of the molecule is CCN(CC)C(=O)CSCC(=O)OC(C)C(=O)Nc1cccc([N+](=O)[O-])c1. The molecule has 1 aromatic carbocycles. The first-order chi connectivity index (χ1) is 12.8. The van der Waals surface area contributed by atoms with Crippen LogP contribution in [0.2, 0.25) is 0 Å². The van der Waals surface area contributed by atoms with Gasteiger partial charge in [0.15, 0.2) is 6.10 Å². The molecule has 0 aliphatic carbocycles. The van der Waals surface area contributed by atoms with Gasteiger partial charge in [0.25, 0.3) is 11.6 Å². The van der Waals surface area contributed by atoms with Crippen molar-refractivity contribution < 1.29 is 24.0 Å². The molecule has 0 radical (unpaired) electrons. The number of benzene rings is 1. The number of nitro groups is 1. The van der Waals surface area contributed by atoms with Crippen molar-refractivity contribution in [2.45, 2.75) is 26.9 Å². The number of carbonyl (C=O) groups excluding carboxylic acids is 3. The van der Waals surface area contributed by atoms with E-state index in [0.29, 0.717) is 13.1 Å². The largest absolute Gasteiger partial charge is 0.452 e. The molecule has 0 saturated heterocycles. The number of esters is 1. The van der Waals surface area contributed by atoms with Crippen LogP contribution < -0.4 is 5.32 Å². The first-order valence-electron chi connectivity index (χ1n) is 8.38. The van der Waals surface area contributed by atoms with Gasteiger partial charge in [-0.2, -0.15) is 0 Å². The number of nitrogens with zero attached hydrogens (tertiary/aromatic N) is 2. The first-order valence-corrected chi connectivity index (χ1v) is 9.54. The Balaban J connectivity index is 2.44. The smallest absolute Gasteiger partial charge is 0.316 e. The molecule has 1 atom stereocenters. The summed E-state index contributed by atoms with van der Waals surface area (Å²) in [6.45, 7) is 6.37. The van der Waals surface area contributed by atoms with E-state index >= 15 is 0 Å². The van der Waals surface area contributed by atoms with Gasteiger partial charge in [0, 0.05) is 30.9 Å². The average Bonchev–Trinajstić information content (AvgIpc) is 2.62. The Morgan fingerprint density at radius 2 is 1.93 bits per heavy atom. The molecule has 0 aliphatic heterocycles. The van der Waals surface area contributed by atoms with Gasteiger partial charge in [0.2, 0.25) is 5.91 Å². The number of nitro benzene ring substituents is 1. The van der Waals surface area contributed by atoms with E-state index in [1.807, 2.05) is 13.8 Å². The summed E-state index contributed by atoms with van der Waals surface area (Å²) in [5.74, 6) is -1.18. The maximum absolute atomic E-state index is 12.1. The fourth-order valence-corrected chi connectivity index (χ4v) is 2.81. The minimum Gasteiger partial charge on any atom is -0.452 e. The highest BCUT2D eigenvalue weighted by Gasteiger charge is 2.19. The second-order valence-electron chi connectivity index (χ2n) is 5.49. The molecule has 1 unspecified atom stereocenters. The van der Waals surface area contributed by atoms with E-state index in [0.717, 1.165) is 11.8 Å². The summed E-state index contributed by atoms with van der Waals surface area (Å²) in [4.78, 5) is 47.5.